The smallest absolute Gasteiger partial charge is 0.326 e. The van der Waals surface area contributed by atoms with Crippen LogP contribution in [0.5, 0.6) is 0 Å². The van der Waals surface area contributed by atoms with Gasteiger partial charge in [0.15, 0.2) is 0 Å². The summed E-state index contributed by atoms with van der Waals surface area (Å²) in [6, 6.07) is 6.12. The minimum absolute atomic E-state index is 0.180. The summed E-state index contributed by atoms with van der Waals surface area (Å²) in [6.07, 6.45) is 2.88. The summed E-state index contributed by atoms with van der Waals surface area (Å²) in [5, 5.41) is 12.0. The average Bonchev–Trinajstić information content (AvgIpc) is 2.32. The van der Waals surface area contributed by atoms with E-state index >= 15 is 0 Å². The lowest BCUT2D eigenvalue weighted by atomic mass is 10.0. The Morgan fingerprint density at radius 1 is 1.37 bits per heavy atom. The molecule has 0 fully saturated rings. The van der Waals surface area contributed by atoms with Crippen LogP contribution in [0.1, 0.15) is 19.4 Å². The number of carbonyl (C=O) groups excluding carboxylic acids is 1. The van der Waals surface area contributed by atoms with Gasteiger partial charge >= 0.3 is 5.97 Å². The van der Waals surface area contributed by atoms with Crippen LogP contribution in [0.3, 0.4) is 0 Å². The van der Waals surface area contributed by atoms with Crippen molar-refractivity contribution in [1.82, 2.24) is 5.32 Å². The Labute approximate surface area is 117 Å². The quantitative estimate of drug-likeness (QED) is 0.815. The van der Waals surface area contributed by atoms with Crippen LogP contribution in [0.25, 0.3) is 6.08 Å². The van der Waals surface area contributed by atoms with Crippen molar-refractivity contribution in [3.8, 4) is 0 Å². The van der Waals surface area contributed by atoms with Crippen LogP contribution in [0.4, 0.5) is 0 Å². The number of carboxylic acid groups (broad SMARTS) is 1. The van der Waals surface area contributed by atoms with Gasteiger partial charge in [-0.2, -0.15) is 0 Å². The maximum Gasteiger partial charge on any atom is 0.326 e. The van der Waals surface area contributed by atoms with Crippen LogP contribution in [0, 0.1) is 5.92 Å². The van der Waals surface area contributed by atoms with Crippen LogP contribution in [-0.4, -0.2) is 23.0 Å². The van der Waals surface area contributed by atoms with Crippen LogP contribution in [0.2, 0.25) is 5.02 Å². The third-order valence-corrected chi connectivity index (χ3v) is 2.74. The molecule has 1 atom stereocenters. The monoisotopic (exact) mass is 281 g/mol. The highest BCUT2D eigenvalue weighted by molar-refractivity contribution is 6.30. The van der Waals surface area contributed by atoms with E-state index in [1.807, 2.05) is 0 Å². The maximum absolute atomic E-state index is 11.6. The third-order valence-electron chi connectivity index (χ3n) is 2.51. The van der Waals surface area contributed by atoms with Crippen molar-refractivity contribution >= 4 is 29.6 Å². The molecule has 5 heteroatoms. The van der Waals surface area contributed by atoms with Gasteiger partial charge in [-0.3, -0.25) is 4.79 Å². The van der Waals surface area contributed by atoms with Gasteiger partial charge in [0.05, 0.1) is 0 Å². The molecular formula is C14H16ClNO3. The number of halogens is 1. The fourth-order valence-electron chi connectivity index (χ4n) is 1.50. The van der Waals surface area contributed by atoms with Gasteiger partial charge in [0.25, 0.3) is 0 Å². The fraction of sp³-hybridized carbons (Fsp3) is 0.286. The molecule has 1 aromatic carbocycles. The number of carbonyl (C=O) groups is 2. The van der Waals surface area contributed by atoms with Crippen molar-refractivity contribution < 1.29 is 14.7 Å². The largest absolute Gasteiger partial charge is 0.480 e. The third kappa shape index (κ3) is 5.14. The van der Waals surface area contributed by atoms with Gasteiger partial charge in [-0.15, -0.1) is 0 Å². The van der Waals surface area contributed by atoms with Gasteiger partial charge in [-0.25, -0.2) is 4.79 Å². The van der Waals surface area contributed by atoms with Crippen LogP contribution in [-0.2, 0) is 9.59 Å². The Kier molecular flexibility index (Phi) is 5.57. The predicted octanol–water partition coefficient (Wildman–Crippen LogP) is 2.58. The molecule has 0 heterocycles. The lowest BCUT2D eigenvalue weighted by Gasteiger charge is -2.16. The summed E-state index contributed by atoms with van der Waals surface area (Å²) < 4.78 is 0. The van der Waals surface area contributed by atoms with Gasteiger partial charge in [0.2, 0.25) is 5.91 Å². The molecule has 0 aromatic heterocycles. The second-order valence-electron chi connectivity index (χ2n) is 4.46. The summed E-state index contributed by atoms with van der Waals surface area (Å²) >= 11 is 5.82. The highest BCUT2D eigenvalue weighted by atomic mass is 35.5. The highest BCUT2D eigenvalue weighted by Gasteiger charge is 2.22. The number of amides is 1. The first kappa shape index (κ1) is 15.2. The SMILES string of the molecule is CC(C)[C@H](NC(=O)/C=C/c1cccc(Cl)c1)C(=O)O. The standard InChI is InChI=1S/C14H16ClNO3/c1-9(2)13(14(18)19)16-12(17)7-6-10-4-3-5-11(15)8-10/h3-9,13H,1-2H3,(H,16,17)(H,18,19)/b7-6+/t13-/m0/s1. The molecule has 0 aliphatic heterocycles. The first-order valence-electron chi connectivity index (χ1n) is 5.87. The zero-order valence-corrected chi connectivity index (χ0v) is 11.5. The molecule has 0 radical (unpaired) electrons. The molecule has 1 amide bonds. The van der Waals surface area contributed by atoms with Gasteiger partial charge < -0.3 is 10.4 Å². The summed E-state index contributed by atoms with van der Waals surface area (Å²) in [5.41, 5.74) is 0.777. The van der Waals surface area contributed by atoms with Crippen LogP contribution >= 0.6 is 11.6 Å². The van der Waals surface area contributed by atoms with Gasteiger partial charge in [0, 0.05) is 11.1 Å². The summed E-state index contributed by atoms with van der Waals surface area (Å²) in [5.74, 6) is -1.67. The molecule has 0 spiro atoms. The number of hydrogen-bond acceptors (Lipinski definition) is 2. The molecule has 0 aliphatic carbocycles. The number of nitrogens with one attached hydrogen (secondary N) is 1. The lowest BCUT2D eigenvalue weighted by Crippen LogP contribution is -2.43. The van der Waals surface area contributed by atoms with E-state index in [0.717, 1.165) is 5.56 Å². The number of benzene rings is 1. The number of aliphatic carboxylic acids is 1. The molecule has 0 bridgehead atoms. The van der Waals surface area contributed by atoms with Crippen molar-refractivity contribution in [3.63, 3.8) is 0 Å². The summed E-state index contributed by atoms with van der Waals surface area (Å²) in [7, 11) is 0. The second kappa shape index (κ2) is 6.95. The van der Waals surface area contributed by atoms with Crippen molar-refractivity contribution in [1.29, 1.82) is 0 Å². The number of rotatable bonds is 5. The van der Waals surface area contributed by atoms with Crippen molar-refractivity contribution in [2.45, 2.75) is 19.9 Å². The molecule has 102 valence electrons. The summed E-state index contributed by atoms with van der Waals surface area (Å²) in [6.45, 7) is 3.47. The van der Waals surface area contributed by atoms with E-state index in [-0.39, 0.29) is 5.92 Å². The molecule has 0 aliphatic rings. The zero-order chi connectivity index (χ0) is 14.4. The Balaban J connectivity index is 2.67. The molecule has 0 saturated carbocycles. The van der Waals surface area contributed by atoms with E-state index in [1.54, 1.807) is 44.2 Å². The molecule has 1 aromatic rings. The van der Waals surface area contributed by atoms with E-state index in [0.29, 0.717) is 5.02 Å². The van der Waals surface area contributed by atoms with Gasteiger partial charge in [-0.1, -0.05) is 37.6 Å². The van der Waals surface area contributed by atoms with Crippen LogP contribution < -0.4 is 5.32 Å². The maximum atomic E-state index is 11.6. The van der Waals surface area contributed by atoms with Crippen molar-refractivity contribution in [3.05, 3.63) is 40.9 Å². The molecule has 0 saturated heterocycles. The van der Waals surface area contributed by atoms with Gasteiger partial charge in [-0.05, 0) is 29.7 Å². The van der Waals surface area contributed by atoms with Gasteiger partial charge in [0.1, 0.15) is 6.04 Å². The molecular weight excluding hydrogens is 266 g/mol. The van der Waals surface area contributed by atoms with Crippen molar-refractivity contribution in [2.75, 3.05) is 0 Å². The first-order valence-corrected chi connectivity index (χ1v) is 6.25. The topological polar surface area (TPSA) is 66.4 Å². The minimum Gasteiger partial charge on any atom is -0.480 e. The fourth-order valence-corrected chi connectivity index (χ4v) is 1.70. The Bertz CT molecular complexity index is 497. The second-order valence-corrected chi connectivity index (χ2v) is 4.89. The Morgan fingerprint density at radius 2 is 2.05 bits per heavy atom. The van der Waals surface area contributed by atoms with E-state index < -0.39 is 17.9 Å². The van der Waals surface area contributed by atoms with E-state index in [1.165, 1.54) is 6.08 Å². The molecule has 19 heavy (non-hydrogen) atoms. The van der Waals surface area contributed by atoms with E-state index in [2.05, 4.69) is 5.32 Å². The predicted molar refractivity (Wildman–Crippen MR) is 74.9 cm³/mol. The number of carboxylic acids is 1. The normalized spacial score (nSPS) is 12.6. The number of hydrogen-bond donors (Lipinski definition) is 2. The highest BCUT2D eigenvalue weighted by Crippen LogP contribution is 2.11. The van der Waals surface area contributed by atoms with Crippen molar-refractivity contribution in [2.24, 2.45) is 5.92 Å². The molecule has 0 unspecified atom stereocenters. The molecule has 2 N–H and O–H groups in total. The zero-order valence-electron chi connectivity index (χ0n) is 10.8. The van der Waals surface area contributed by atoms with E-state index in [9.17, 15) is 9.59 Å². The minimum atomic E-state index is -1.04. The molecule has 1 rings (SSSR count). The summed E-state index contributed by atoms with van der Waals surface area (Å²) in [4.78, 5) is 22.6. The van der Waals surface area contributed by atoms with Crippen LogP contribution in [0.15, 0.2) is 30.3 Å². The Hall–Kier alpha value is -1.81. The average molecular weight is 282 g/mol. The van der Waals surface area contributed by atoms with E-state index in [4.69, 9.17) is 16.7 Å². The molecule has 4 nitrogen and oxygen atoms in total. The lowest BCUT2D eigenvalue weighted by molar-refractivity contribution is -0.142. The Morgan fingerprint density at radius 3 is 2.58 bits per heavy atom. The first-order chi connectivity index (χ1) is 8.90.